The maximum atomic E-state index is 2.35. The van der Waals surface area contributed by atoms with Crippen LogP contribution in [0.25, 0.3) is 0 Å². The van der Waals surface area contributed by atoms with Gasteiger partial charge in [0.2, 0.25) is 0 Å². The van der Waals surface area contributed by atoms with Gasteiger partial charge < -0.3 is 12.4 Å². The van der Waals surface area contributed by atoms with Crippen LogP contribution >= 0.6 is 7.26 Å². The Hall–Kier alpha value is 0.720. The molecule has 0 nitrogen and oxygen atoms in total. The van der Waals surface area contributed by atoms with Crippen LogP contribution in [0.15, 0.2) is 0 Å². The standard InChI is InChI=1S/C30H64P.ClH/c1-5-9-13-17-18-22-26-30-31(27-23-19-14-10-6-2,28-24-20-15-11-7-3)29-25-21-16-12-8-4;/h5-30H2,1-4H3;1H/q+1;/p-1. The van der Waals surface area contributed by atoms with E-state index in [1.807, 2.05) is 0 Å². The van der Waals surface area contributed by atoms with Crippen LogP contribution in [0.2, 0.25) is 0 Å². The molecule has 0 spiro atoms. The molecule has 0 N–H and O–H groups in total. The van der Waals surface area contributed by atoms with Crippen LogP contribution < -0.4 is 12.4 Å². The van der Waals surface area contributed by atoms with E-state index in [1.54, 1.807) is 50.3 Å². The van der Waals surface area contributed by atoms with Crippen molar-refractivity contribution in [3.05, 3.63) is 0 Å². The Labute approximate surface area is 213 Å². The van der Waals surface area contributed by atoms with E-state index in [-0.39, 0.29) is 12.4 Å². The van der Waals surface area contributed by atoms with E-state index in [0.717, 1.165) is 0 Å². The van der Waals surface area contributed by atoms with Gasteiger partial charge in [-0.3, -0.25) is 0 Å². The minimum atomic E-state index is -0.703. The van der Waals surface area contributed by atoms with Gasteiger partial charge in [-0.15, -0.1) is 0 Å². The Kier molecular flexibility index (Phi) is 30.5. The first-order chi connectivity index (χ1) is 15.2. The molecule has 0 aromatic heterocycles. The molecular weight excluding hydrogens is 427 g/mol. The summed E-state index contributed by atoms with van der Waals surface area (Å²) in [7, 11) is -0.703. The molecule has 0 atom stereocenters. The van der Waals surface area contributed by atoms with Gasteiger partial charge in [-0.25, -0.2) is 0 Å². The Bertz CT molecular complexity index is 295. The highest BCUT2D eigenvalue weighted by Gasteiger charge is 2.34. The van der Waals surface area contributed by atoms with Gasteiger partial charge in [-0.1, -0.05) is 118 Å². The van der Waals surface area contributed by atoms with Gasteiger partial charge in [0.05, 0.1) is 24.6 Å². The van der Waals surface area contributed by atoms with Gasteiger partial charge in [0.25, 0.3) is 0 Å². The molecule has 0 heterocycles. The molecule has 0 unspecified atom stereocenters. The number of rotatable bonds is 26. The minimum absolute atomic E-state index is 0. The van der Waals surface area contributed by atoms with Gasteiger partial charge in [0.1, 0.15) is 0 Å². The predicted octanol–water partition coefficient (Wildman–Crippen LogP) is 8.67. The summed E-state index contributed by atoms with van der Waals surface area (Å²) < 4.78 is 0. The average molecular weight is 491 g/mol. The second-order valence-electron chi connectivity index (χ2n) is 10.6. The molecule has 0 aliphatic rings. The van der Waals surface area contributed by atoms with Crippen molar-refractivity contribution in [2.45, 2.75) is 169 Å². The van der Waals surface area contributed by atoms with Gasteiger partial charge in [-0.05, 0) is 51.4 Å². The first kappa shape index (κ1) is 34.9. The number of halogens is 1. The van der Waals surface area contributed by atoms with E-state index in [4.69, 9.17) is 0 Å². The van der Waals surface area contributed by atoms with Crippen LogP contribution in [0, 0.1) is 0 Å². The second-order valence-corrected chi connectivity index (χ2v) is 15.1. The summed E-state index contributed by atoms with van der Waals surface area (Å²) in [5, 5.41) is 0. The summed E-state index contributed by atoms with van der Waals surface area (Å²) in [5.74, 6) is 0. The monoisotopic (exact) mass is 490 g/mol. The largest absolute Gasteiger partial charge is 1.00 e. The second kappa shape index (κ2) is 28.0. The summed E-state index contributed by atoms with van der Waals surface area (Å²) in [4.78, 5) is 0. The van der Waals surface area contributed by atoms with Crippen molar-refractivity contribution in [2.24, 2.45) is 0 Å². The molecule has 0 bridgehead atoms. The summed E-state index contributed by atoms with van der Waals surface area (Å²) in [6.45, 7) is 9.39. The molecule has 0 radical (unpaired) electrons. The van der Waals surface area contributed by atoms with Crippen molar-refractivity contribution in [2.75, 3.05) is 24.6 Å². The zero-order chi connectivity index (χ0) is 22.9. The number of unbranched alkanes of at least 4 members (excludes halogenated alkanes) is 18. The van der Waals surface area contributed by atoms with Crippen LogP contribution in [0.4, 0.5) is 0 Å². The topological polar surface area (TPSA) is 0 Å². The van der Waals surface area contributed by atoms with E-state index < -0.39 is 7.26 Å². The molecule has 0 aliphatic carbocycles. The fourth-order valence-corrected chi connectivity index (χ4v) is 10.1. The smallest absolute Gasteiger partial charge is 0.0594 e. The highest BCUT2D eigenvalue weighted by atomic mass is 35.5. The molecular formula is C30H64ClP. The molecule has 196 valence electrons. The van der Waals surface area contributed by atoms with E-state index >= 15 is 0 Å². The Balaban J connectivity index is 0. The third-order valence-electron chi connectivity index (χ3n) is 7.44. The maximum Gasteiger partial charge on any atom is 0.0594 e. The first-order valence-electron chi connectivity index (χ1n) is 15.1. The average Bonchev–Trinajstić information content (AvgIpc) is 2.78. The molecule has 0 aromatic carbocycles. The normalized spacial score (nSPS) is 11.6. The maximum absolute atomic E-state index is 2.35. The molecule has 32 heavy (non-hydrogen) atoms. The van der Waals surface area contributed by atoms with Crippen LogP contribution in [0.1, 0.15) is 169 Å². The number of hydrogen-bond donors (Lipinski definition) is 0. The van der Waals surface area contributed by atoms with Crippen molar-refractivity contribution < 1.29 is 12.4 Å². The van der Waals surface area contributed by atoms with Gasteiger partial charge in [0.15, 0.2) is 0 Å². The van der Waals surface area contributed by atoms with E-state index in [1.165, 1.54) is 116 Å². The SMILES string of the molecule is CCCCCCCCC[P+](CCCCCCC)(CCCCCCC)CCCCCCC.[Cl-]. The highest BCUT2D eigenvalue weighted by Crippen LogP contribution is 2.61. The van der Waals surface area contributed by atoms with Gasteiger partial charge in [0, 0.05) is 7.26 Å². The number of hydrogen-bond acceptors (Lipinski definition) is 0. The summed E-state index contributed by atoms with van der Waals surface area (Å²) in [6, 6.07) is 0. The van der Waals surface area contributed by atoms with Crippen molar-refractivity contribution in [3.8, 4) is 0 Å². The molecule has 0 aliphatic heterocycles. The molecule has 0 saturated heterocycles. The Morgan fingerprint density at radius 3 is 0.688 bits per heavy atom. The lowest BCUT2D eigenvalue weighted by Crippen LogP contribution is -3.00. The lowest BCUT2D eigenvalue weighted by molar-refractivity contribution is -0.00000712. The van der Waals surface area contributed by atoms with E-state index in [2.05, 4.69) is 27.7 Å². The van der Waals surface area contributed by atoms with Crippen LogP contribution in [0.5, 0.6) is 0 Å². The lowest BCUT2D eigenvalue weighted by Gasteiger charge is -2.28. The van der Waals surface area contributed by atoms with Gasteiger partial charge >= 0.3 is 0 Å². The van der Waals surface area contributed by atoms with E-state index in [0.29, 0.717) is 0 Å². The molecule has 0 aromatic rings. The molecule has 0 amide bonds. The Morgan fingerprint density at radius 1 is 0.281 bits per heavy atom. The first-order valence-corrected chi connectivity index (χ1v) is 17.6. The summed E-state index contributed by atoms with van der Waals surface area (Å²) in [6.07, 6.45) is 39.1. The summed E-state index contributed by atoms with van der Waals surface area (Å²) in [5.41, 5.74) is 0. The molecule has 0 fully saturated rings. The van der Waals surface area contributed by atoms with Crippen LogP contribution in [-0.4, -0.2) is 24.6 Å². The van der Waals surface area contributed by atoms with E-state index in [9.17, 15) is 0 Å². The molecule has 0 saturated carbocycles. The molecule has 2 heteroatoms. The third-order valence-corrected chi connectivity index (χ3v) is 12.5. The zero-order valence-electron chi connectivity index (χ0n) is 23.2. The fourth-order valence-electron chi connectivity index (χ4n) is 5.23. The lowest BCUT2D eigenvalue weighted by atomic mass is 10.1. The molecule has 0 rings (SSSR count). The fraction of sp³-hybridized carbons (Fsp3) is 1.00. The van der Waals surface area contributed by atoms with Crippen molar-refractivity contribution in [3.63, 3.8) is 0 Å². The van der Waals surface area contributed by atoms with Crippen molar-refractivity contribution >= 4 is 7.26 Å². The Morgan fingerprint density at radius 2 is 0.469 bits per heavy atom. The summed E-state index contributed by atoms with van der Waals surface area (Å²) >= 11 is 0. The predicted molar refractivity (Wildman–Crippen MR) is 151 cm³/mol. The van der Waals surface area contributed by atoms with Crippen molar-refractivity contribution in [1.82, 2.24) is 0 Å². The third kappa shape index (κ3) is 22.5. The minimum Gasteiger partial charge on any atom is -1.00 e. The highest BCUT2D eigenvalue weighted by molar-refractivity contribution is 7.75. The quantitative estimate of drug-likeness (QED) is 0.0839. The van der Waals surface area contributed by atoms with Gasteiger partial charge in [-0.2, -0.15) is 0 Å². The van der Waals surface area contributed by atoms with Crippen LogP contribution in [0.3, 0.4) is 0 Å². The van der Waals surface area contributed by atoms with Crippen LogP contribution in [-0.2, 0) is 0 Å². The zero-order valence-corrected chi connectivity index (χ0v) is 24.9. The van der Waals surface area contributed by atoms with Crippen molar-refractivity contribution in [1.29, 1.82) is 0 Å².